The molecule has 2 aliphatic rings. The lowest BCUT2D eigenvalue weighted by molar-refractivity contribution is -0.136. The molecule has 0 aromatic carbocycles. The predicted octanol–water partition coefficient (Wildman–Crippen LogP) is 1.38. The lowest BCUT2D eigenvalue weighted by Gasteiger charge is -2.39. The Balaban J connectivity index is 1.76. The van der Waals surface area contributed by atoms with E-state index in [9.17, 15) is 4.79 Å². The Hall–Kier alpha value is -1.26. The summed E-state index contributed by atoms with van der Waals surface area (Å²) < 4.78 is 0. The number of carbonyl (C=O) groups is 1. The van der Waals surface area contributed by atoms with Gasteiger partial charge in [0.25, 0.3) is 0 Å². The van der Waals surface area contributed by atoms with Gasteiger partial charge >= 0.3 is 0 Å². The number of rotatable bonds is 3. The summed E-state index contributed by atoms with van der Waals surface area (Å²) in [5.74, 6) is 0.219. The van der Waals surface area contributed by atoms with Crippen LogP contribution in [0.5, 0.6) is 0 Å². The van der Waals surface area contributed by atoms with E-state index in [2.05, 4.69) is 16.9 Å². The molecule has 2 fully saturated rings. The van der Waals surface area contributed by atoms with Crippen molar-refractivity contribution in [3.05, 3.63) is 10.4 Å². The third-order valence-corrected chi connectivity index (χ3v) is 3.64. The van der Waals surface area contributed by atoms with Gasteiger partial charge in [0, 0.05) is 30.6 Å². The lowest BCUT2D eigenvalue weighted by Crippen LogP contribution is -2.55. The van der Waals surface area contributed by atoms with Crippen LogP contribution < -0.4 is 0 Å². The number of hydrogen-bond acceptors (Lipinski definition) is 3. The molecule has 0 saturated carbocycles. The number of amides is 1. The molecule has 0 N–H and O–H groups in total. The number of azide groups is 1. The molecule has 0 aromatic heterocycles. The molecular formula is C11H19N5O. The highest BCUT2D eigenvalue weighted by atomic mass is 16.2. The van der Waals surface area contributed by atoms with Crippen LogP contribution in [0.4, 0.5) is 0 Å². The number of nitrogens with zero attached hydrogens (tertiary/aromatic N) is 5. The maximum absolute atomic E-state index is 12.1. The van der Waals surface area contributed by atoms with Crippen LogP contribution in [-0.2, 0) is 4.79 Å². The zero-order valence-corrected chi connectivity index (χ0v) is 10.2. The van der Waals surface area contributed by atoms with Crippen LogP contribution in [0.25, 0.3) is 10.4 Å². The van der Waals surface area contributed by atoms with Gasteiger partial charge in [0.1, 0.15) is 0 Å². The second kappa shape index (κ2) is 5.38. The predicted molar refractivity (Wildman–Crippen MR) is 64.4 cm³/mol. The molecular weight excluding hydrogens is 218 g/mol. The van der Waals surface area contributed by atoms with Gasteiger partial charge in [0.05, 0.1) is 12.6 Å². The van der Waals surface area contributed by atoms with E-state index in [0.29, 0.717) is 12.6 Å². The van der Waals surface area contributed by atoms with Crippen LogP contribution in [0.3, 0.4) is 0 Å². The van der Waals surface area contributed by atoms with Gasteiger partial charge in [-0.05, 0) is 31.7 Å². The fraction of sp³-hybridized carbons (Fsp3) is 0.909. The zero-order valence-electron chi connectivity index (χ0n) is 10.2. The largest absolute Gasteiger partial charge is 0.339 e. The minimum Gasteiger partial charge on any atom is -0.339 e. The summed E-state index contributed by atoms with van der Waals surface area (Å²) in [6.07, 6.45) is 3.47. The van der Waals surface area contributed by atoms with Crippen LogP contribution >= 0.6 is 0 Å². The molecule has 2 saturated heterocycles. The van der Waals surface area contributed by atoms with E-state index < -0.39 is 0 Å². The van der Waals surface area contributed by atoms with Crippen molar-refractivity contribution in [3.63, 3.8) is 0 Å². The average molecular weight is 237 g/mol. The Labute approximate surface area is 101 Å². The molecule has 2 heterocycles. The minimum atomic E-state index is 0.0616. The number of carbonyl (C=O) groups excluding carboxylic acids is 1. The summed E-state index contributed by atoms with van der Waals surface area (Å²) in [4.78, 5) is 18.9. The first-order valence-corrected chi connectivity index (χ1v) is 6.26. The normalized spacial score (nSPS) is 26.2. The Kier molecular flexibility index (Phi) is 3.86. The van der Waals surface area contributed by atoms with Crippen molar-refractivity contribution in [1.82, 2.24) is 9.80 Å². The second-order valence-corrected chi connectivity index (χ2v) is 4.98. The van der Waals surface area contributed by atoms with Crippen LogP contribution in [-0.4, -0.2) is 54.0 Å². The van der Waals surface area contributed by atoms with Crippen molar-refractivity contribution in [2.24, 2.45) is 5.11 Å². The highest BCUT2D eigenvalue weighted by Gasteiger charge is 2.30. The van der Waals surface area contributed by atoms with Gasteiger partial charge in [-0.25, -0.2) is 0 Å². The minimum absolute atomic E-state index is 0.0616. The Morgan fingerprint density at radius 3 is 2.88 bits per heavy atom. The lowest BCUT2D eigenvalue weighted by atomic mass is 10.0. The molecule has 2 aliphatic heterocycles. The summed E-state index contributed by atoms with van der Waals surface area (Å²) in [6.45, 7) is 4.93. The first kappa shape index (κ1) is 12.2. The molecule has 0 unspecified atom stereocenters. The van der Waals surface area contributed by atoms with E-state index in [0.717, 1.165) is 32.5 Å². The highest BCUT2D eigenvalue weighted by molar-refractivity contribution is 5.78. The quantitative estimate of drug-likeness (QED) is 0.422. The third kappa shape index (κ3) is 2.90. The van der Waals surface area contributed by atoms with Crippen LogP contribution in [0, 0.1) is 0 Å². The Morgan fingerprint density at radius 2 is 2.24 bits per heavy atom. The third-order valence-electron chi connectivity index (χ3n) is 3.64. The van der Waals surface area contributed by atoms with Crippen molar-refractivity contribution < 1.29 is 4.79 Å². The van der Waals surface area contributed by atoms with Crippen LogP contribution in [0.2, 0.25) is 0 Å². The number of hydrogen-bond donors (Lipinski definition) is 0. The maximum Gasteiger partial charge on any atom is 0.236 e. The van der Waals surface area contributed by atoms with Gasteiger partial charge in [0.15, 0.2) is 0 Å². The fourth-order valence-corrected chi connectivity index (χ4v) is 2.57. The van der Waals surface area contributed by atoms with Gasteiger partial charge < -0.3 is 4.90 Å². The van der Waals surface area contributed by atoms with Gasteiger partial charge in [-0.2, -0.15) is 0 Å². The molecule has 6 heteroatoms. The standard InChI is InChI=1S/C11H19N5O/c1-9-4-2-3-5-16(9)11(17)8-15-6-10(7-15)13-14-12/h9-10H,2-8H2,1H3/t9-/m0/s1. The topological polar surface area (TPSA) is 72.3 Å². The van der Waals surface area contributed by atoms with Gasteiger partial charge in [-0.3, -0.25) is 9.69 Å². The molecule has 6 nitrogen and oxygen atoms in total. The molecule has 94 valence electrons. The summed E-state index contributed by atoms with van der Waals surface area (Å²) in [5.41, 5.74) is 8.27. The second-order valence-electron chi connectivity index (χ2n) is 4.98. The van der Waals surface area contributed by atoms with E-state index in [1.165, 1.54) is 6.42 Å². The van der Waals surface area contributed by atoms with E-state index in [4.69, 9.17) is 5.53 Å². The average Bonchev–Trinajstić information content (AvgIpc) is 2.26. The zero-order chi connectivity index (χ0) is 12.3. The fourth-order valence-electron chi connectivity index (χ4n) is 2.57. The molecule has 1 amide bonds. The maximum atomic E-state index is 12.1. The van der Waals surface area contributed by atoms with Crippen molar-refractivity contribution in [2.45, 2.75) is 38.3 Å². The first-order valence-electron chi connectivity index (χ1n) is 6.26. The van der Waals surface area contributed by atoms with Crippen LogP contribution in [0.15, 0.2) is 5.11 Å². The monoisotopic (exact) mass is 237 g/mol. The molecule has 0 bridgehead atoms. The van der Waals surface area contributed by atoms with Crippen molar-refractivity contribution in [2.75, 3.05) is 26.2 Å². The van der Waals surface area contributed by atoms with Gasteiger partial charge in [-0.1, -0.05) is 5.11 Å². The molecule has 17 heavy (non-hydrogen) atoms. The Bertz CT molecular complexity index is 333. The molecule has 1 atom stereocenters. The van der Waals surface area contributed by atoms with Gasteiger partial charge in [0.2, 0.25) is 5.91 Å². The molecule has 2 rings (SSSR count). The summed E-state index contributed by atoms with van der Waals surface area (Å²) in [5, 5.41) is 3.63. The van der Waals surface area contributed by atoms with E-state index in [1.54, 1.807) is 0 Å². The van der Waals surface area contributed by atoms with Crippen molar-refractivity contribution in [3.8, 4) is 0 Å². The first-order chi connectivity index (χ1) is 8.20. The summed E-state index contributed by atoms with van der Waals surface area (Å²) >= 11 is 0. The van der Waals surface area contributed by atoms with E-state index >= 15 is 0 Å². The molecule has 0 aliphatic carbocycles. The number of likely N-dealkylation sites (tertiary alicyclic amines) is 2. The SMILES string of the molecule is C[C@H]1CCCCN1C(=O)CN1CC(N=[N+]=[N-])C1. The Morgan fingerprint density at radius 1 is 1.47 bits per heavy atom. The van der Waals surface area contributed by atoms with Crippen molar-refractivity contribution in [1.29, 1.82) is 0 Å². The van der Waals surface area contributed by atoms with E-state index in [1.807, 2.05) is 9.80 Å². The smallest absolute Gasteiger partial charge is 0.236 e. The molecule has 0 spiro atoms. The van der Waals surface area contributed by atoms with Crippen molar-refractivity contribution >= 4 is 5.91 Å². The molecule has 0 radical (unpaired) electrons. The number of piperidine rings is 1. The summed E-state index contributed by atoms with van der Waals surface area (Å²) in [6, 6.07) is 0.442. The molecule has 0 aromatic rings. The van der Waals surface area contributed by atoms with Crippen LogP contribution in [0.1, 0.15) is 26.2 Å². The van der Waals surface area contributed by atoms with Gasteiger partial charge in [-0.15, -0.1) is 0 Å². The highest BCUT2D eigenvalue weighted by Crippen LogP contribution is 2.18. The summed E-state index contributed by atoms with van der Waals surface area (Å²) in [7, 11) is 0. The van der Waals surface area contributed by atoms with E-state index in [-0.39, 0.29) is 11.9 Å².